The first-order valence-corrected chi connectivity index (χ1v) is 5.20. The SMILES string of the molecule is CCc1ccc2nnc(CCNC)n2n1. The highest BCUT2D eigenvalue weighted by atomic mass is 15.4. The highest BCUT2D eigenvalue weighted by Crippen LogP contribution is 2.04. The Hall–Kier alpha value is -1.49. The van der Waals surface area contributed by atoms with Crippen LogP contribution in [-0.4, -0.2) is 33.4 Å². The first kappa shape index (κ1) is 10.0. The van der Waals surface area contributed by atoms with Crippen LogP contribution in [-0.2, 0) is 12.8 Å². The molecule has 0 aliphatic heterocycles. The average molecular weight is 205 g/mol. The van der Waals surface area contributed by atoms with Crippen molar-refractivity contribution in [1.82, 2.24) is 25.1 Å². The van der Waals surface area contributed by atoms with Gasteiger partial charge in [-0.05, 0) is 25.6 Å². The zero-order valence-electron chi connectivity index (χ0n) is 9.06. The molecule has 2 aromatic heterocycles. The van der Waals surface area contributed by atoms with E-state index in [1.807, 2.05) is 23.7 Å². The Labute approximate surface area is 88.5 Å². The van der Waals surface area contributed by atoms with Gasteiger partial charge in [-0.25, -0.2) is 0 Å². The molecule has 0 bridgehead atoms. The molecule has 0 aromatic carbocycles. The zero-order valence-corrected chi connectivity index (χ0v) is 9.06. The lowest BCUT2D eigenvalue weighted by molar-refractivity contribution is 0.716. The third-order valence-electron chi connectivity index (χ3n) is 2.34. The van der Waals surface area contributed by atoms with Gasteiger partial charge in [0.1, 0.15) is 0 Å². The molecule has 0 saturated heterocycles. The van der Waals surface area contributed by atoms with E-state index in [1.54, 1.807) is 0 Å². The van der Waals surface area contributed by atoms with Crippen LogP contribution in [0.25, 0.3) is 5.65 Å². The smallest absolute Gasteiger partial charge is 0.177 e. The zero-order chi connectivity index (χ0) is 10.7. The van der Waals surface area contributed by atoms with E-state index in [2.05, 4.69) is 27.5 Å². The normalized spacial score (nSPS) is 11.1. The molecule has 0 unspecified atom stereocenters. The fourth-order valence-corrected chi connectivity index (χ4v) is 1.45. The van der Waals surface area contributed by atoms with Gasteiger partial charge in [-0.2, -0.15) is 9.61 Å². The second-order valence-electron chi connectivity index (χ2n) is 3.42. The molecule has 5 nitrogen and oxygen atoms in total. The number of aromatic nitrogens is 4. The maximum Gasteiger partial charge on any atom is 0.177 e. The second-order valence-corrected chi connectivity index (χ2v) is 3.42. The Morgan fingerprint density at radius 2 is 2.20 bits per heavy atom. The summed E-state index contributed by atoms with van der Waals surface area (Å²) in [7, 11) is 1.92. The summed E-state index contributed by atoms with van der Waals surface area (Å²) in [4.78, 5) is 0. The Morgan fingerprint density at radius 3 is 2.93 bits per heavy atom. The van der Waals surface area contributed by atoms with E-state index in [9.17, 15) is 0 Å². The van der Waals surface area contributed by atoms with E-state index in [0.29, 0.717) is 0 Å². The van der Waals surface area contributed by atoms with Gasteiger partial charge in [0.15, 0.2) is 11.5 Å². The van der Waals surface area contributed by atoms with E-state index >= 15 is 0 Å². The Balaban J connectivity index is 2.38. The number of nitrogens with one attached hydrogen (secondary N) is 1. The summed E-state index contributed by atoms with van der Waals surface area (Å²) in [5.41, 5.74) is 1.88. The minimum absolute atomic E-state index is 0.818. The number of hydrogen-bond acceptors (Lipinski definition) is 4. The van der Waals surface area contributed by atoms with E-state index in [4.69, 9.17) is 0 Å². The predicted molar refractivity (Wildman–Crippen MR) is 57.8 cm³/mol. The summed E-state index contributed by atoms with van der Waals surface area (Å²) >= 11 is 0. The Kier molecular flexibility index (Phi) is 2.91. The van der Waals surface area contributed by atoms with Crippen LogP contribution in [0.2, 0.25) is 0 Å². The summed E-state index contributed by atoms with van der Waals surface area (Å²) in [6.45, 7) is 2.98. The average Bonchev–Trinajstić information content (AvgIpc) is 2.68. The van der Waals surface area contributed by atoms with Gasteiger partial charge in [0.05, 0.1) is 5.69 Å². The first-order valence-electron chi connectivity index (χ1n) is 5.20. The lowest BCUT2D eigenvalue weighted by Crippen LogP contribution is -2.13. The number of fused-ring (bicyclic) bond motifs is 1. The molecule has 1 N–H and O–H groups in total. The van der Waals surface area contributed by atoms with E-state index in [0.717, 1.165) is 36.6 Å². The van der Waals surface area contributed by atoms with Gasteiger partial charge >= 0.3 is 0 Å². The number of rotatable bonds is 4. The maximum atomic E-state index is 4.47. The second kappa shape index (κ2) is 4.35. The molecule has 2 rings (SSSR count). The molecule has 0 radical (unpaired) electrons. The summed E-state index contributed by atoms with van der Waals surface area (Å²) < 4.78 is 1.83. The summed E-state index contributed by atoms with van der Waals surface area (Å²) in [6, 6.07) is 3.95. The Morgan fingerprint density at radius 1 is 1.33 bits per heavy atom. The highest BCUT2D eigenvalue weighted by Gasteiger charge is 2.05. The van der Waals surface area contributed by atoms with Crippen LogP contribution < -0.4 is 5.32 Å². The molecule has 0 aliphatic rings. The molecule has 0 spiro atoms. The van der Waals surface area contributed by atoms with Crippen molar-refractivity contribution >= 4 is 5.65 Å². The molecule has 2 aromatic rings. The fourth-order valence-electron chi connectivity index (χ4n) is 1.45. The van der Waals surface area contributed by atoms with Crippen LogP contribution in [0.1, 0.15) is 18.4 Å². The molecule has 80 valence electrons. The molecular weight excluding hydrogens is 190 g/mol. The van der Waals surface area contributed by atoms with Crippen molar-refractivity contribution in [2.45, 2.75) is 19.8 Å². The molecule has 5 heteroatoms. The van der Waals surface area contributed by atoms with Crippen LogP contribution in [0, 0.1) is 0 Å². The lowest BCUT2D eigenvalue weighted by Gasteiger charge is -2.00. The van der Waals surface area contributed by atoms with Crippen molar-refractivity contribution in [3.63, 3.8) is 0 Å². The van der Waals surface area contributed by atoms with Crippen molar-refractivity contribution in [3.8, 4) is 0 Å². The molecule has 0 atom stereocenters. The molecule has 0 amide bonds. The third kappa shape index (κ3) is 1.97. The van der Waals surface area contributed by atoms with Crippen molar-refractivity contribution in [1.29, 1.82) is 0 Å². The predicted octanol–water partition coefficient (Wildman–Crippen LogP) is 0.449. The molecule has 0 fully saturated rings. The minimum Gasteiger partial charge on any atom is -0.319 e. The first-order chi connectivity index (χ1) is 7.35. The van der Waals surface area contributed by atoms with Crippen LogP contribution >= 0.6 is 0 Å². The van der Waals surface area contributed by atoms with Gasteiger partial charge in [-0.1, -0.05) is 6.92 Å². The monoisotopic (exact) mass is 205 g/mol. The molecule has 2 heterocycles. The van der Waals surface area contributed by atoms with Crippen LogP contribution in [0.15, 0.2) is 12.1 Å². The van der Waals surface area contributed by atoms with Crippen LogP contribution in [0.4, 0.5) is 0 Å². The number of hydrogen-bond donors (Lipinski definition) is 1. The molecule has 15 heavy (non-hydrogen) atoms. The van der Waals surface area contributed by atoms with E-state index < -0.39 is 0 Å². The lowest BCUT2D eigenvalue weighted by atomic mass is 10.3. The number of likely N-dealkylation sites (N-methyl/N-ethyl adjacent to an activating group) is 1. The van der Waals surface area contributed by atoms with Gasteiger partial charge in [-0.3, -0.25) is 0 Å². The molecule has 0 aliphatic carbocycles. The largest absolute Gasteiger partial charge is 0.319 e. The van der Waals surface area contributed by atoms with Crippen molar-refractivity contribution in [2.24, 2.45) is 0 Å². The van der Waals surface area contributed by atoms with Gasteiger partial charge in [-0.15, -0.1) is 10.2 Å². The van der Waals surface area contributed by atoms with Crippen molar-refractivity contribution in [3.05, 3.63) is 23.7 Å². The Bertz CT molecular complexity index is 448. The van der Waals surface area contributed by atoms with Crippen molar-refractivity contribution in [2.75, 3.05) is 13.6 Å². The number of nitrogens with zero attached hydrogens (tertiary/aromatic N) is 4. The molecular formula is C10H15N5. The summed E-state index contributed by atoms with van der Waals surface area (Å²) in [6.07, 6.45) is 1.78. The van der Waals surface area contributed by atoms with Gasteiger partial charge in [0.2, 0.25) is 0 Å². The van der Waals surface area contributed by atoms with E-state index in [1.165, 1.54) is 0 Å². The number of aryl methyl sites for hydroxylation is 1. The quantitative estimate of drug-likeness (QED) is 0.787. The van der Waals surface area contributed by atoms with Crippen LogP contribution in [0.5, 0.6) is 0 Å². The topological polar surface area (TPSA) is 55.1 Å². The van der Waals surface area contributed by atoms with Crippen molar-refractivity contribution < 1.29 is 0 Å². The maximum absolute atomic E-state index is 4.47. The third-order valence-corrected chi connectivity index (χ3v) is 2.34. The summed E-state index contributed by atoms with van der Waals surface area (Å²) in [5, 5.41) is 15.7. The van der Waals surface area contributed by atoms with Gasteiger partial charge in [0.25, 0.3) is 0 Å². The minimum atomic E-state index is 0.818. The molecule has 0 saturated carbocycles. The van der Waals surface area contributed by atoms with Gasteiger partial charge in [0, 0.05) is 13.0 Å². The standard InChI is InChI=1S/C10H15N5/c1-3-8-4-5-9-12-13-10(6-7-11-2)15(9)14-8/h4-5,11H,3,6-7H2,1-2H3. The fraction of sp³-hybridized carbons (Fsp3) is 0.500. The van der Waals surface area contributed by atoms with E-state index in [-0.39, 0.29) is 0 Å². The van der Waals surface area contributed by atoms with Gasteiger partial charge < -0.3 is 5.32 Å². The van der Waals surface area contributed by atoms with Crippen LogP contribution in [0.3, 0.4) is 0 Å². The summed E-state index contributed by atoms with van der Waals surface area (Å²) in [5.74, 6) is 0.912. The highest BCUT2D eigenvalue weighted by molar-refractivity contribution is 5.36.